The molecule has 0 N–H and O–H groups in total. The van der Waals surface area contributed by atoms with Crippen molar-refractivity contribution >= 4 is 5.69 Å². The molecule has 0 heterocycles. The van der Waals surface area contributed by atoms with E-state index < -0.39 is 16.7 Å². The van der Waals surface area contributed by atoms with E-state index in [4.69, 9.17) is 4.74 Å². The number of nitro benzene ring substituents is 1. The predicted molar refractivity (Wildman–Crippen MR) is 102 cm³/mol. The molecular weight excluding hydrogens is 371 g/mol. The number of nitrogens with zero attached hydrogens (tertiary/aromatic N) is 1. The van der Waals surface area contributed by atoms with Crippen LogP contribution in [0.25, 0.3) is 11.1 Å². The number of nitro groups is 1. The van der Waals surface area contributed by atoms with E-state index in [1.807, 2.05) is 13.8 Å². The zero-order valence-corrected chi connectivity index (χ0v) is 16.4. The molecule has 2 aromatic carbocycles. The normalized spacial score (nSPS) is 11.5. The Labute approximate surface area is 162 Å². The van der Waals surface area contributed by atoms with Crippen molar-refractivity contribution in [3.05, 3.63) is 56.6 Å². The molecule has 0 spiro atoms. The van der Waals surface area contributed by atoms with Gasteiger partial charge in [-0.1, -0.05) is 26.7 Å². The van der Waals surface area contributed by atoms with E-state index in [1.54, 1.807) is 0 Å². The number of methoxy groups -OCH3 is 1. The standard InChI is InChI=1S/C21H23F3NO3/c1-5-7-14-10-15(8-6-2)20(18(11-14)25(26)27)19-13(3)9-16(28-4)12-17(19)21(22,23)24/h9,11-12H,5-8H2,1-4H3. The van der Waals surface area contributed by atoms with Gasteiger partial charge in [-0.05, 0) is 54.7 Å². The zero-order valence-electron chi connectivity index (χ0n) is 16.4. The van der Waals surface area contributed by atoms with E-state index in [2.05, 4.69) is 6.07 Å². The minimum atomic E-state index is -4.69. The molecule has 2 aromatic rings. The Hall–Kier alpha value is -2.57. The highest BCUT2D eigenvalue weighted by atomic mass is 19.4. The van der Waals surface area contributed by atoms with Crippen LogP contribution in [0.5, 0.6) is 5.75 Å². The number of benzene rings is 2. The summed E-state index contributed by atoms with van der Waals surface area (Å²) in [5.41, 5.74) is -0.0865. The molecule has 0 fully saturated rings. The van der Waals surface area contributed by atoms with Crippen molar-refractivity contribution in [1.29, 1.82) is 0 Å². The summed E-state index contributed by atoms with van der Waals surface area (Å²) in [5.74, 6) is 0.0554. The van der Waals surface area contributed by atoms with Gasteiger partial charge in [-0.3, -0.25) is 10.1 Å². The first-order valence-corrected chi connectivity index (χ1v) is 9.12. The highest BCUT2D eigenvalue weighted by molar-refractivity contribution is 5.83. The topological polar surface area (TPSA) is 52.4 Å². The van der Waals surface area contributed by atoms with Crippen molar-refractivity contribution in [2.24, 2.45) is 0 Å². The first-order chi connectivity index (χ1) is 13.1. The molecule has 0 atom stereocenters. The van der Waals surface area contributed by atoms with Gasteiger partial charge in [0.25, 0.3) is 5.69 Å². The number of ether oxygens (including phenoxy) is 1. The molecule has 7 heteroatoms. The van der Waals surface area contributed by atoms with Gasteiger partial charge in [0.15, 0.2) is 0 Å². The summed E-state index contributed by atoms with van der Waals surface area (Å²) in [6, 6.07) is 6.84. The molecule has 1 radical (unpaired) electrons. The van der Waals surface area contributed by atoms with Crippen LogP contribution in [0.2, 0.25) is 0 Å². The second-order valence-corrected chi connectivity index (χ2v) is 6.66. The lowest BCUT2D eigenvalue weighted by Crippen LogP contribution is -2.11. The third kappa shape index (κ3) is 4.46. The summed E-state index contributed by atoms with van der Waals surface area (Å²) in [4.78, 5) is 11.2. The van der Waals surface area contributed by atoms with E-state index >= 15 is 0 Å². The lowest BCUT2D eigenvalue weighted by molar-refractivity contribution is -0.384. The number of alkyl halides is 3. The fourth-order valence-corrected chi connectivity index (χ4v) is 3.38. The number of hydrogen-bond acceptors (Lipinski definition) is 3. The van der Waals surface area contributed by atoms with Crippen molar-refractivity contribution in [2.45, 2.75) is 52.6 Å². The van der Waals surface area contributed by atoms with E-state index in [1.165, 1.54) is 26.2 Å². The predicted octanol–water partition coefficient (Wildman–Crippen LogP) is 6.30. The van der Waals surface area contributed by atoms with Gasteiger partial charge < -0.3 is 4.74 Å². The molecule has 0 aromatic heterocycles. The zero-order chi connectivity index (χ0) is 21.1. The molecule has 28 heavy (non-hydrogen) atoms. The van der Waals surface area contributed by atoms with Crippen LogP contribution in [-0.2, 0) is 19.0 Å². The molecule has 0 saturated carbocycles. The summed E-state index contributed by atoms with van der Waals surface area (Å²) in [7, 11) is 1.28. The second-order valence-electron chi connectivity index (χ2n) is 6.66. The molecule has 0 aliphatic heterocycles. The van der Waals surface area contributed by atoms with Crippen LogP contribution < -0.4 is 4.74 Å². The van der Waals surface area contributed by atoms with Crippen LogP contribution in [0.3, 0.4) is 0 Å². The first kappa shape index (κ1) is 21.7. The largest absolute Gasteiger partial charge is 0.497 e. The SMILES string of the molecule is CCCc1[c]c(CCC)c(-c2c(C)cc(OC)cc2C(F)(F)F)c([N+](=O)[O-])c1. The fraction of sp³-hybridized carbons (Fsp3) is 0.429. The Kier molecular flexibility index (Phi) is 6.69. The number of aryl methyl sites for hydroxylation is 3. The Morgan fingerprint density at radius 1 is 1.11 bits per heavy atom. The van der Waals surface area contributed by atoms with Gasteiger partial charge in [0.1, 0.15) is 5.75 Å². The first-order valence-electron chi connectivity index (χ1n) is 9.12. The van der Waals surface area contributed by atoms with Gasteiger partial charge in [0.05, 0.1) is 23.2 Å². The maximum atomic E-state index is 13.8. The molecule has 0 aliphatic carbocycles. The Morgan fingerprint density at radius 2 is 1.75 bits per heavy atom. The smallest absolute Gasteiger partial charge is 0.417 e. The third-order valence-electron chi connectivity index (χ3n) is 4.50. The summed E-state index contributed by atoms with van der Waals surface area (Å²) >= 11 is 0. The van der Waals surface area contributed by atoms with Gasteiger partial charge in [0, 0.05) is 11.6 Å². The van der Waals surface area contributed by atoms with Gasteiger partial charge in [-0.25, -0.2) is 0 Å². The van der Waals surface area contributed by atoms with Gasteiger partial charge in [-0.2, -0.15) is 13.2 Å². The highest BCUT2D eigenvalue weighted by Crippen LogP contribution is 2.45. The van der Waals surface area contributed by atoms with E-state index in [-0.39, 0.29) is 28.1 Å². The summed E-state index contributed by atoms with van der Waals surface area (Å²) < 4.78 is 46.5. The maximum absolute atomic E-state index is 13.8. The average molecular weight is 394 g/mol. The Balaban J connectivity index is 2.95. The van der Waals surface area contributed by atoms with E-state index in [0.717, 1.165) is 12.5 Å². The van der Waals surface area contributed by atoms with E-state index in [9.17, 15) is 23.3 Å². The van der Waals surface area contributed by atoms with Crippen molar-refractivity contribution < 1.29 is 22.8 Å². The third-order valence-corrected chi connectivity index (χ3v) is 4.50. The van der Waals surface area contributed by atoms with Crippen LogP contribution in [0.1, 0.15) is 48.9 Å². The van der Waals surface area contributed by atoms with Crippen molar-refractivity contribution in [3.8, 4) is 16.9 Å². The van der Waals surface area contributed by atoms with Crippen LogP contribution in [0, 0.1) is 23.1 Å². The molecule has 4 nitrogen and oxygen atoms in total. The van der Waals surface area contributed by atoms with Crippen LogP contribution >= 0.6 is 0 Å². The molecule has 0 aliphatic rings. The van der Waals surface area contributed by atoms with Crippen LogP contribution in [-0.4, -0.2) is 12.0 Å². The highest BCUT2D eigenvalue weighted by Gasteiger charge is 2.37. The van der Waals surface area contributed by atoms with Gasteiger partial charge in [0.2, 0.25) is 0 Å². The molecule has 0 bridgehead atoms. The molecular formula is C21H23F3NO3. The monoisotopic (exact) mass is 394 g/mol. The molecule has 2 rings (SSSR count). The maximum Gasteiger partial charge on any atom is 0.417 e. The minimum Gasteiger partial charge on any atom is -0.497 e. The Bertz CT molecular complexity index is 876. The van der Waals surface area contributed by atoms with Crippen molar-refractivity contribution in [1.82, 2.24) is 0 Å². The van der Waals surface area contributed by atoms with Gasteiger partial charge in [-0.15, -0.1) is 0 Å². The fourth-order valence-electron chi connectivity index (χ4n) is 3.38. The second kappa shape index (κ2) is 8.63. The lowest BCUT2D eigenvalue weighted by Gasteiger charge is -2.20. The van der Waals surface area contributed by atoms with Crippen molar-refractivity contribution in [3.63, 3.8) is 0 Å². The lowest BCUT2D eigenvalue weighted by atomic mass is 9.87. The van der Waals surface area contributed by atoms with Crippen LogP contribution in [0.15, 0.2) is 18.2 Å². The average Bonchev–Trinajstić information content (AvgIpc) is 2.61. The summed E-state index contributed by atoms with van der Waals surface area (Å²) in [6.45, 7) is 5.32. The number of halogens is 3. The molecule has 151 valence electrons. The molecule has 0 saturated heterocycles. The van der Waals surface area contributed by atoms with E-state index in [0.29, 0.717) is 30.4 Å². The summed E-state index contributed by atoms with van der Waals surface area (Å²) in [5, 5.41) is 11.8. The minimum absolute atomic E-state index is 0.000758. The molecule has 0 amide bonds. The quantitative estimate of drug-likeness (QED) is 0.409. The van der Waals surface area contributed by atoms with Crippen molar-refractivity contribution in [2.75, 3.05) is 7.11 Å². The summed E-state index contributed by atoms with van der Waals surface area (Å²) in [6.07, 6.45) is -2.32. The number of rotatable bonds is 7. The van der Waals surface area contributed by atoms with Crippen LogP contribution in [0.4, 0.5) is 18.9 Å². The van der Waals surface area contributed by atoms with Gasteiger partial charge >= 0.3 is 6.18 Å². The Morgan fingerprint density at radius 3 is 2.25 bits per heavy atom. The molecule has 0 unspecified atom stereocenters. The number of hydrogen-bond donors (Lipinski definition) is 0.